The van der Waals surface area contributed by atoms with Crippen molar-refractivity contribution in [3.63, 3.8) is 0 Å². The van der Waals surface area contributed by atoms with E-state index < -0.39 is 0 Å². The Kier molecular flexibility index (Phi) is 4.69. The fraction of sp³-hybridized carbons (Fsp3) is 0.286. The molecule has 0 spiro atoms. The predicted octanol–water partition coefficient (Wildman–Crippen LogP) is 1.46. The largest absolute Gasteiger partial charge is 0.465 e. The Labute approximate surface area is 112 Å². The fourth-order valence-corrected chi connectivity index (χ4v) is 1.74. The number of esters is 1. The van der Waals surface area contributed by atoms with Crippen molar-refractivity contribution in [2.45, 2.75) is 13.1 Å². The molecular weight excluding hydrogens is 242 g/mol. The maximum absolute atomic E-state index is 11.3. The van der Waals surface area contributed by atoms with Crippen LogP contribution >= 0.6 is 0 Å². The van der Waals surface area contributed by atoms with Gasteiger partial charge in [-0.15, -0.1) is 0 Å². The van der Waals surface area contributed by atoms with E-state index in [9.17, 15) is 4.79 Å². The van der Waals surface area contributed by atoms with Crippen molar-refractivity contribution in [3.05, 3.63) is 53.9 Å². The lowest BCUT2D eigenvalue weighted by molar-refractivity contribution is 0.0600. The SMILES string of the molecule is COC(=O)c1ccc(CNCCn2cccn2)cc1. The summed E-state index contributed by atoms with van der Waals surface area (Å²) < 4.78 is 6.53. The van der Waals surface area contributed by atoms with E-state index in [0.717, 1.165) is 25.2 Å². The van der Waals surface area contributed by atoms with Crippen molar-refractivity contribution in [2.24, 2.45) is 0 Å². The summed E-state index contributed by atoms with van der Waals surface area (Å²) in [4.78, 5) is 11.3. The van der Waals surface area contributed by atoms with Crippen LogP contribution in [0.1, 0.15) is 15.9 Å². The summed E-state index contributed by atoms with van der Waals surface area (Å²) in [6, 6.07) is 9.30. The number of rotatable bonds is 6. The topological polar surface area (TPSA) is 56.1 Å². The molecule has 0 bridgehead atoms. The zero-order valence-corrected chi connectivity index (χ0v) is 10.9. The molecule has 2 rings (SSSR count). The van der Waals surface area contributed by atoms with Crippen LogP contribution in [-0.4, -0.2) is 29.4 Å². The highest BCUT2D eigenvalue weighted by Gasteiger charge is 2.03. The molecule has 0 aliphatic heterocycles. The first-order valence-electron chi connectivity index (χ1n) is 6.15. The van der Waals surface area contributed by atoms with E-state index in [4.69, 9.17) is 0 Å². The summed E-state index contributed by atoms with van der Waals surface area (Å²) >= 11 is 0. The molecule has 1 heterocycles. The van der Waals surface area contributed by atoms with E-state index in [1.54, 1.807) is 18.3 Å². The number of carbonyl (C=O) groups is 1. The Morgan fingerprint density at radius 2 is 2.16 bits per heavy atom. The second kappa shape index (κ2) is 6.70. The zero-order chi connectivity index (χ0) is 13.5. The normalized spacial score (nSPS) is 10.4. The monoisotopic (exact) mass is 259 g/mol. The predicted molar refractivity (Wildman–Crippen MR) is 71.7 cm³/mol. The number of hydrogen-bond donors (Lipinski definition) is 1. The van der Waals surface area contributed by atoms with Crippen LogP contribution in [-0.2, 0) is 17.8 Å². The Morgan fingerprint density at radius 3 is 2.79 bits per heavy atom. The number of methoxy groups -OCH3 is 1. The van der Waals surface area contributed by atoms with E-state index in [2.05, 4.69) is 15.2 Å². The van der Waals surface area contributed by atoms with Crippen LogP contribution in [0.2, 0.25) is 0 Å². The molecule has 1 N–H and O–H groups in total. The first-order valence-corrected chi connectivity index (χ1v) is 6.15. The van der Waals surface area contributed by atoms with Gasteiger partial charge in [0.15, 0.2) is 0 Å². The Hall–Kier alpha value is -2.14. The number of nitrogens with one attached hydrogen (secondary N) is 1. The third-order valence-electron chi connectivity index (χ3n) is 2.78. The first kappa shape index (κ1) is 13.3. The van der Waals surface area contributed by atoms with Gasteiger partial charge in [-0.05, 0) is 23.8 Å². The molecule has 5 nitrogen and oxygen atoms in total. The summed E-state index contributed by atoms with van der Waals surface area (Å²) in [6.45, 7) is 2.45. The number of nitrogens with zero attached hydrogens (tertiary/aromatic N) is 2. The van der Waals surface area contributed by atoms with Crippen molar-refractivity contribution < 1.29 is 9.53 Å². The molecule has 0 saturated carbocycles. The highest BCUT2D eigenvalue weighted by Crippen LogP contribution is 2.05. The van der Waals surface area contributed by atoms with Gasteiger partial charge in [0.1, 0.15) is 0 Å². The van der Waals surface area contributed by atoms with Crippen molar-refractivity contribution in [3.8, 4) is 0 Å². The lowest BCUT2D eigenvalue weighted by atomic mass is 10.1. The molecule has 19 heavy (non-hydrogen) atoms. The Morgan fingerprint density at radius 1 is 1.37 bits per heavy atom. The van der Waals surface area contributed by atoms with E-state index in [-0.39, 0.29) is 5.97 Å². The second-order valence-electron chi connectivity index (χ2n) is 4.13. The molecule has 0 unspecified atom stereocenters. The van der Waals surface area contributed by atoms with Crippen molar-refractivity contribution >= 4 is 5.97 Å². The maximum atomic E-state index is 11.3. The van der Waals surface area contributed by atoms with Crippen molar-refractivity contribution in [1.82, 2.24) is 15.1 Å². The lowest BCUT2D eigenvalue weighted by Gasteiger charge is -2.06. The fourth-order valence-electron chi connectivity index (χ4n) is 1.74. The molecule has 1 aromatic carbocycles. The van der Waals surface area contributed by atoms with Crippen LogP contribution < -0.4 is 5.32 Å². The Balaban J connectivity index is 1.75. The molecule has 1 aromatic heterocycles. The van der Waals surface area contributed by atoms with Gasteiger partial charge in [-0.3, -0.25) is 4.68 Å². The molecule has 0 radical (unpaired) electrons. The molecule has 0 aliphatic rings. The minimum Gasteiger partial charge on any atom is -0.465 e. The van der Waals surface area contributed by atoms with E-state index in [1.807, 2.05) is 29.1 Å². The van der Waals surface area contributed by atoms with Gasteiger partial charge in [-0.2, -0.15) is 5.10 Å². The van der Waals surface area contributed by atoms with Crippen molar-refractivity contribution in [1.29, 1.82) is 0 Å². The number of carbonyl (C=O) groups excluding carboxylic acids is 1. The minimum atomic E-state index is -0.307. The highest BCUT2D eigenvalue weighted by atomic mass is 16.5. The lowest BCUT2D eigenvalue weighted by Crippen LogP contribution is -2.19. The standard InChI is InChI=1S/C14H17N3O2/c1-19-14(18)13-5-3-12(4-6-13)11-15-8-10-17-9-2-7-16-17/h2-7,9,15H,8,10-11H2,1H3. The summed E-state index contributed by atoms with van der Waals surface area (Å²) in [5.74, 6) is -0.307. The van der Waals surface area contributed by atoms with Crippen LogP contribution in [0, 0.1) is 0 Å². The average molecular weight is 259 g/mol. The van der Waals surface area contributed by atoms with Gasteiger partial charge in [-0.1, -0.05) is 12.1 Å². The van der Waals surface area contributed by atoms with Crippen LogP contribution in [0.5, 0.6) is 0 Å². The summed E-state index contributed by atoms with van der Waals surface area (Å²) in [7, 11) is 1.38. The van der Waals surface area contributed by atoms with Gasteiger partial charge in [0.05, 0.1) is 19.2 Å². The number of benzene rings is 1. The molecule has 0 fully saturated rings. The van der Waals surface area contributed by atoms with Gasteiger partial charge in [0, 0.05) is 25.5 Å². The first-order chi connectivity index (χ1) is 9.29. The number of ether oxygens (including phenoxy) is 1. The third kappa shape index (κ3) is 3.93. The van der Waals surface area contributed by atoms with Crippen LogP contribution in [0.15, 0.2) is 42.7 Å². The van der Waals surface area contributed by atoms with E-state index >= 15 is 0 Å². The molecule has 2 aromatic rings. The maximum Gasteiger partial charge on any atom is 0.337 e. The molecule has 0 saturated heterocycles. The van der Waals surface area contributed by atoms with Crippen LogP contribution in [0.3, 0.4) is 0 Å². The Bertz CT molecular complexity index is 506. The number of hydrogen-bond acceptors (Lipinski definition) is 4. The quantitative estimate of drug-likeness (QED) is 0.630. The van der Waals surface area contributed by atoms with Crippen LogP contribution in [0.25, 0.3) is 0 Å². The zero-order valence-electron chi connectivity index (χ0n) is 10.9. The highest BCUT2D eigenvalue weighted by molar-refractivity contribution is 5.89. The molecule has 0 atom stereocenters. The van der Waals surface area contributed by atoms with Crippen molar-refractivity contribution in [2.75, 3.05) is 13.7 Å². The van der Waals surface area contributed by atoms with Gasteiger partial charge >= 0.3 is 5.97 Å². The third-order valence-corrected chi connectivity index (χ3v) is 2.78. The average Bonchev–Trinajstić information content (AvgIpc) is 2.96. The summed E-state index contributed by atoms with van der Waals surface area (Å²) in [5.41, 5.74) is 1.70. The van der Waals surface area contributed by atoms with Gasteiger partial charge in [-0.25, -0.2) is 4.79 Å². The smallest absolute Gasteiger partial charge is 0.337 e. The number of aromatic nitrogens is 2. The minimum absolute atomic E-state index is 0.307. The molecular formula is C14H17N3O2. The molecule has 0 aliphatic carbocycles. The summed E-state index contributed by atoms with van der Waals surface area (Å²) in [5, 5.41) is 7.45. The molecule has 5 heteroatoms. The molecule has 100 valence electrons. The van der Waals surface area contributed by atoms with Crippen LogP contribution in [0.4, 0.5) is 0 Å². The van der Waals surface area contributed by atoms with Gasteiger partial charge in [0.25, 0.3) is 0 Å². The van der Waals surface area contributed by atoms with E-state index in [0.29, 0.717) is 5.56 Å². The summed E-state index contributed by atoms with van der Waals surface area (Å²) in [6.07, 6.45) is 3.71. The second-order valence-corrected chi connectivity index (χ2v) is 4.13. The molecule has 0 amide bonds. The van der Waals surface area contributed by atoms with E-state index in [1.165, 1.54) is 7.11 Å². The van der Waals surface area contributed by atoms with Gasteiger partial charge in [0.2, 0.25) is 0 Å². The van der Waals surface area contributed by atoms with Gasteiger partial charge < -0.3 is 10.1 Å².